The topological polar surface area (TPSA) is 44.8 Å². The number of esters is 1. The second kappa shape index (κ2) is 5.01. The molecule has 0 amide bonds. The van der Waals surface area contributed by atoms with Gasteiger partial charge in [-0.3, -0.25) is 0 Å². The molecule has 0 aromatic heterocycles. The zero-order valence-electron chi connectivity index (χ0n) is 9.69. The van der Waals surface area contributed by atoms with Gasteiger partial charge in [-0.1, -0.05) is 6.58 Å². The van der Waals surface area contributed by atoms with Gasteiger partial charge in [0.1, 0.15) is 12.4 Å². The second-order valence-corrected chi connectivity index (χ2v) is 3.97. The predicted molar refractivity (Wildman–Crippen MR) is 61.8 cm³/mol. The number of rotatable bonds is 3. The number of hydrogen-bond donors (Lipinski definition) is 0. The number of carbonyl (C=O) groups excluding carboxylic acids is 1. The van der Waals surface area contributed by atoms with E-state index < -0.39 is 0 Å². The van der Waals surface area contributed by atoms with E-state index in [0.29, 0.717) is 12.2 Å². The summed E-state index contributed by atoms with van der Waals surface area (Å²) in [7, 11) is 0. The van der Waals surface area contributed by atoms with Crippen LogP contribution in [0.15, 0.2) is 30.4 Å². The molecule has 0 saturated carbocycles. The Hall–Kier alpha value is -1.81. The van der Waals surface area contributed by atoms with Gasteiger partial charge in [0.25, 0.3) is 0 Å². The first-order valence-electron chi connectivity index (χ1n) is 5.32. The van der Waals surface area contributed by atoms with Gasteiger partial charge >= 0.3 is 5.97 Å². The quantitative estimate of drug-likeness (QED) is 0.594. The summed E-state index contributed by atoms with van der Waals surface area (Å²) in [5, 5.41) is 0. The Labute approximate surface area is 99.8 Å². The number of carbonyl (C=O) groups is 1. The van der Waals surface area contributed by atoms with E-state index in [9.17, 15) is 4.79 Å². The highest BCUT2D eigenvalue weighted by Gasteiger charge is 2.14. The van der Waals surface area contributed by atoms with E-state index in [1.54, 1.807) is 18.2 Å². The summed E-state index contributed by atoms with van der Waals surface area (Å²) in [6.45, 7) is 6.43. The molecule has 0 spiro atoms. The fourth-order valence-electron chi connectivity index (χ4n) is 1.49. The molecule has 90 valence electrons. The number of benzene rings is 1. The first-order chi connectivity index (χ1) is 8.16. The van der Waals surface area contributed by atoms with Crippen molar-refractivity contribution < 1.29 is 19.0 Å². The summed E-state index contributed by atoms with van der Waals surface area (Å²) in [6.07, 6.45) is 0. The van der Waals surface area contributed by atoms with Crippen molar-refractivity contribution in [2.75, 3.05) is 13.4 Å². The second-order valence-electron chi connectivity index (χ2n) is 3.97. The van der Waals surface area contributed by atoms with Crippen molar-refractivity contribution in [1.29, 1.82) is 0 Å². The predicted octanol–water partition coefficient (Wildman–Crippen LogP) is 2.29. The normalized spacial score (nSPS) is 13.5. The van der Waals surface area contributed by atoms with Crippen molar-refractivity contribution in [3.63, 3.8) is 0 Å². The molecule has 0 unspecified atom stereocenters. The van der Waals surface area contributed by atoms with Crippen LogP contribution in [0.25, 0.3) is 0 Å². The Morgan fingerprint density at radius 1 is 1.53 bits per heavy atom. The van der Waals surface area contributed by atoms with Crippen molar-refractivity contribution >= 4 is 5.97 Å². The van der Waals surface area contributed by atoms with Crippen LogP contribution in [0.3, 0.4) is 0 Å². The van der Waals surface area contributed by atoms with Gasteiger partial charge in [-0.05, 0) is 30.7 Å². The minimum absolute atomic E-state index is 0.239. The van der Waals surface area contributed by atoms with Gasteiger partial charge < -0.3 is 14.2 Å². The van der Waals surface area contributed by atoms with E-state index in [4.69, 9.17) is 14.2 Å². The minimum atomic E-state index is -0.360. The molecule has 17 heavy (non-hydrogen) atoms. The molecule has 1 heterocycles. The van der Waals surface area contributed by atoms with Crippen LogP contribution in [-0.2, 0) is 16.1 Å². The third kappa shape index (κ3) is 2.85. The lowest BCUT2D eigenvalue weighted by molar-refractivity contribution is -0.0164. The van der Waals surface area contributed by atoms with Crippen LogP contribution in [0, 0.1) is 0 Å². The molecule has 1 aromatic carbocycles. The lowest BCUT2D eigenvalue weighted by Crippen LogP contribution is -2.13. The fraction of sp³-hybridized carbons (Fsp3) is 0.308. The van der Waals surface area contributed by atoms with E-state index in [0.717, 1.165) is 16.9 Å². The maximum absolute atomic E-state index is 11.7. The lowest BCUT2D eigenvalue weighted by Gasteiger charge is -2.17. The Morgan fingerprint density at radius 3 is 3.12 bits per heavy atom. The minimum Gasteiger partial charge on any atom is -0.467 e. The van der Waals surface area contributed by atoms with Crippen LogP contribution in [-0.4, -0.2) is 19.4 Å². The Kier molecular flexibility index (Phi) is 3.44. The summed E-state index contributed by atoms with van der Waals surface area (Å²) in [6, 6.07) is 5.18. The molecule has 4 nitrogen and oxygen atoms in total. The number of hydrogen-bond acceptors (Lipinski definition) is 4. The third-order valence-electron chi connectivity index (χ3n) is 2.30. The Morgan fingerprint density at radius 2 is 2.35 bits per heavy atom. The van der Waals surface area contributed by atoms with E-state index in [2.05, 4.69) is 6.58 Å². The van der Waals surface area contributed by atoms with Gasteiger partial charge in [0.15, 0.2) is 6.79 Å². The molecule has 0 atom stereocenters. The van der Waals surface area contributed by atoms with Crippen LogP contribution in [0.4, 0.5) is 0 Å². The molecule has 0 bridgehead atoms. The average Bonchev–Trinajstić information content (AvgIpc) is 2.35. The van der Waals surface area contributed by atoms with Crippen LogP contribution < -0.4 is 4.74 Å². The molecule has 0 fully saturated rings. The van der Waals surface area contributed by atoms with Crippen LogP contribution in [0.2, 0.25) is 0 Å². The van der Waals surface area contributed by atoms with Gasteiger partial charge in [0, 0.05) is 5.56 Å². The number of ether oxygens (including phenoxy) is 3. The van der Waals surface area contributed by atoms with E-state index in [1.807, 2.05) is 6.92 Å². The first-order valence-corrected chi connectivity index (χ1v) is 5.32. The zero-order valence-corrected chi connectivity index (χ0v) is 9.69. The molecule has 1 aliphatic rings. The van der Waals surface area contributed by atoms with Gasteiger partial charge in [0.05, 0.1) is 12.2 Å². The number of fused-ring (bicyclic) bond motifs is 1. The molecule has 1 aromatic rings. The third-order valence-corrected chi connectivity index (χ3v) is 2.30. The highest BCUT2D eigenvalue weighted by atomic mass is 16.7. The summed E-state index contributed by atoms with van der Waals surface area (Å²) in [4.78, 5) is 11.7. The summed E-state index contributed by atoms with van der Waals surface area (Å²) in [5.74, 6) is 0.397. The molecule has 0 radical (unpaired) electrons. The highest BCUT2D eigenvalue weighted by molar-refractivity contribution is 5.90. The molecule has 0 aliphatic carbocycles. The van der Waals surface area contributed by atoms with Crippen molar-refractivity contribution in [3.05, 3.63) is 41.5 Å². The van der Waals surface area contributed by atoms with Crippen molar-refractivity contribution in [3.8, 4) is 5.75 Å². The van der Waals surface area contributed by atoms with E-state index in [-0.39, 0.29) is 19.4 Å². The fourth-order valence-corrected chi connectivity index (χ4v) is 1.49. The molecular weight excluding hydrogens is 220 g/mol. The van der Waals surface area contributed by atoms with Gasteiger partial charge in [-0.2, -0.15) is 0 Å². The summed E-state index contributed by atoms with van der Waals surface area (Å²) >= 11 is 0. The van der Waals surface area contributed by atoms with Crippen molar-refractivity contribution in [1.82, 2.24) is 0 Å². The molecular formula is C13H14O4. The lowest BCUT2D eigenvalue weighted by atomic mass is 10.1. The Bertz CT molecular complexity index is 451. The van der Waals surface area contributed by atoms with Crippen LogP contribution in [0.1, 0.15) is 22.8 Å². The maximum atomic E-state index is 11.7. The maximum Gasteiger partial charge on any atom is 0.338 e. The Balaban J connectivity index is 2.11. The standard InChI is InChI=1S/C13H14O4/c1-9(2)6-16-13(14)10-3-4-12-11(5-10)7-15-8-17-12/h3-5H,1,6-8H2,2H3. The molecule has 2 rings (SSSR count). The van der Waals surface area contributed by atoms with E-state index >= 15 is 0 Å². The SMILES string of the molecule is C=C(C)COC(=O)c1ccc2c(c1)COCO2. The van der Waals surface area contributed by atoms with Gasteiger partial charge in [-0.15, -0.1) is 0 Å². The molecule has 1 aliphatic heterocycles. The van der Waals surface area contributed by atoms with Gasteiger partial charge in [0.2, 0.25) is 0 Å². The summed E-state index contributed by atoms with van der Waals surface area (Å²) < 4.78 is 15.5. The first kappa shape index (κ1) is 11.7. The van der Waals surface area contributed by atoms with Crippen molar-refractivity contribution in [2.45, 2.75) is 13.5 Å². The van der Waals surface area contributed by atoms with Gasteiger partial charge in [-0.25, -0.2) is 4.79 Å². The summed E-state index contributed by atoms with van der Waals surface area (Å²) in [5.41, 5.74) is 2.17. The van der Waals surface area contributed by atoms with Crippen LogP contribution >= 0.6 is 0 Å². The highest BCUT2D eigenvalue weighted by Crippen LogP contribution is 2.24. The van der Waals surface area contributed by atoms with Crippen molar-refractivity contribution in [2.24, 2.45) is 0 Å². The monoisotopic (exact) mass is 234 g/mol. The smallest absolute Gasteiger partial charge is 0.338 e. The van der Waals surface area contributed by atoms with E-state index in [1.165, 1.54) is 0 Å². The molecule has 4 heteroatoms. The van der Waals surface area contributed by atoms with Crippen LogP contribution in [0.5, 0.6) is 5.75 Å². The zero-order chi connectivity index (χ0) is 12.3. The average molecular weight is 234 g/mol. The largest absolute Gasteiger partial charge is 0.467 e. The molecule has 0 N–H and O–H groups in total. The molecule has 0 saturated heterocycles.